The van der Waals surface area contributed by atoms with Crippen LogP contribution < -0.4 is 9.47 Å². The van der Waals surface area contributed by atoms with Gasteiger partial charge in [0.05, 0.1) is 23.5 Å². The van der Waals surface area contributed by atoms with Gasteiger partial charge in [-0.3, -0.25) is 9.59 Å². The molecule has 3 fully saturated rings. The third-order valence-electron chi connectivity index (χ3n) is 10.5. The molecule has 2 aliphatic heterocycles. The Labute approximate surface area is 271 Å². The molecule has 1 N–H and O–H groups in total. The Hall–Kier alpha value is -3.56. The summed E-state index contributed by atoms with van der Waals surface area (Å²) in [6.45, 7) is 1.51. The number of hydrogen-bond donors (Lipinski definition) is 1. The van der Waals surface area contributed by atoms with E-state index in [1.54, 1.807) is 6.92 Å². The number of nitrogens with zero attached hydrogens (tertiary/aromatic N) is 1. The van der Waals surface area contributed by atoms with Crippen LogP contribution in [-0.2, 0) is 29.8 Å². The highest BCUT2D eigenvalue weighted by Gasteiger charge is 2.74. The maximum atomic E-state index is 15.1. The monoisotopic (exact) mass is 707 g/mol. The zero-order valence-electron chi connectivity index (χ0n) is 25.5. The summed E-state index contributed by atoms with van der Waals surface area (Å²) in [6, 6.07) is 5.33. The van der Waals surface area contributed by atoms with E-state index in [2.05, 4.69) is 0 Å². The van der Waals surface area contributed by atoms with Gasteiger partial charge >= 0.3 is 24.0 Å². The fraction of sp³-hybridized carbons (Fsp3) is 0.562. The van der Waals surface area contributed by atoms with Crippen molar-refractivity contribution in [3.05, 3.63) is 53.6 Å². The summed E-state index contributed by atoms with van der Waals surface area (Å²) in [5.41, 5.74) is -8.16. The van der Waals surface area contributed by atoms with Crippen LogP contribution in [0.4, 0.5) is 30.7 Å². The lowest BCUT2D eigenvalue weighted by atomic mass is 9.48. The van der Waals surface area contributed by atoms with Gasteiger partial charge in [0, 0.05) is 23.6 Å². The lowest BCUT2D eigenvalue weighted by Gasteiger charge is -2.58. The van der Waals surface area contributed by atoms with E-state index in [-0.39, 0.29) is 54.0 Å². The molecule has 4 aliphatic rings. The second-order valence-electron chi connectivity index (χ2n) is 13.2. The van der Waals surface area contributed by atoms with E-state index < -0.39 is 80.3 Å². The fourth-order valence-corrected chi connectivity index (χ4v) is 10.5. The molecule has 6 rings (SSSR count). The van der Waals surface area contributed by atoms with Crippen LogP contribution in [0.25, 0.3) is 0 Å². The number of sulfone groups is 1. The lowest BCUT2D eigenvalue weighted by molar-refractivity contribution is -0.348. The van der Waals surface area contributed by atoms with Gasteiger partial charge in [0.1, 0.15) is 22.9 Å². The summed E-state index contributed by atoms with van der Waals surface area (Å²) in [6.07, 6.45) is -11.2. The number of alkyl halides is 7. The highest BCUT2D eigenvalue weighted by molar-refractivity contribution is 7.92. The van der Waals surface area contributed by atoms with Gasteiger partial charge in [0.2, 0.25) is 5.91 Å². The Morgan fingerprint density at radius 1 is 0.958 bits per heavy atom. The van der Waals surface area contributed by atoms with E-state index in [0.29, 0.717) is 31.4 Å². The summed E-state index contributed by atoms with van der Waals surface area (Å²) in [5.74, 6) is -2.64. The van der Waals surface area contributed by atoms with Crippen LogP contribution in [0, 0.1) is 17.3 Å². The summed E-state index contributed by atoms with van der Waals surface area (Å²) >= 11 is 0. The van der Waals surface area contributed by atoms with Crippen molar-refractivity contribution in [1.82, 2.24) is 4.90 Å². The van der Waals surface area contributed by atoms with E-state index >= 15 is 4.39 Å². The van der Waals surface area contributed by atoms with Crippen LogP contribution >= 0.6 is 0 Å². The molecule has 48 heavy (non-hydrogen) atoms. The van der Waals surface area contributed by atoms with Crippen molar-refractivity contribution in [2.24, 2.45) is 17.3 Å². The lowest BCUT2D eigenvalue weighted by Crippen LogP contribution is -2.66. The Balaban J connectivity index is 1.43. The van der Waals surface area contributed by atoms with Crippen molar-refractivity contribution in [2.45, 2.75) is 79.2 Å². The minimum atomic E-state index is -6.40. The van der Waals surface area contributed by atoms with Crippen molar-refractivity contribution in [1.29, 1.82) is 0 Å². The van der Waals surface area contributed by atoms with Gasteiger partial charge in [-0.25, -0.2) is 12.8 Å². The van der Waals surface area contributed by atoms with Gasteiger partial charge in [-0.1, -0.05) is 12.1 Å². The Morgan fingerprint density at radius 3 is 2.12 bits per heavy atom. The number of ether oxygens (including phenoxy) is 2. The molecule has 1 saturated heterocycles. The average molecular weight is 708 g/mol. The van der Waals surface area contributed by atoms with E-state index in [9.17, 15) is 49.5 Å². The SMILES string of the molecule is CCOc1ccc(S(=O)(=O)C23CCCN(C(=O)C4CC5(CC(C(=O)O)C5)C4)C2COc2cc(C(F)(C(F)(F)F)C(F)(F)F)ccc23)cc1. The number of halogens is 7. The predicted octanol–water partition coefficient (Wildman–Crippen LogP) is 6.32. The van der Waals surface area contributed by atoms with E-state index in [4.69, 9.17) is 9.47 Å². The largest absolute Gasteiger partial charge is 0.494 e. The second kappa shape index (κ2) is 11.2. The molecular weight excluding hydrogens is 675 g/mol. The minimum Gasteiger partial charge on any atom is -0.494 e. The number of amides is 1. The third kappa shape index (κ3) is 4.94. The molecule has 8 nitrogen and oxygen atoms in total. The Bertz CT molecular complexity index is 1700. The maximum Gasteiger partial charge on any atom is 0.435 e. The Morgan fingerprint density at radius 2 is 1.56 bits per heavy atom. The number of carbonyl (C=O) groups excluding carboxylic acids is 1. The van der Waals surface area contributed by atoms with Crippen LogP contribution in [0.5, 0.6) is 11.5 Å². The summed E-state index contributed by atoms with van der Waals surface area (Å²) in [7, 11) is -4.58. The molecule has 0 radical (unpaired) electrons. The number of piperidine rings is 1. The van der Waals surface area contributed by atoms with Gasteiger partial charge in [-0.2, -0.15) is 26.3 Å². The van der Waals surface area contributed by atoms with Crippen molar-refractivity contribution >= 4 is 21.7 Å². The molecule has 2 aliphatic carbocycles. The van der Waals surface area contributed by atoms with Crippen molar-refractivity contribution in [2.75, 3.05) is 19.8 Å². The molecule has 2 aromatic carbocycles. The number of carboxylic acids is 1. The van der Waals surface area contributed by atoms with Crippen LogP contribution in [-0.4, -0.2) is 68.5 Å². The molecule has 2 heterocycles. The van der Waals surface area contributed by atoms with Gasteiger partial charge < -0.3 is 19.5 Å². The molecule has 2 saturated carbocycles. The van der Waals surface area contributed by atoms with Crippen LogP contribution in [0.15, 0.2) is 47.4 Å². The molecule has 2 unspecified atom stereocenters. The maximum absolute atomic E-state index is 15.1. The number of benzene rings is 2. The quantitative estimate of drug-likeness (QED) is 0.336. The molecule has 0 aromatic heterocycles. The number of rotatable bonds is 7. The number of fused-ring (bicyclic) bond motifs is 3. The molecule has 262 valence electrons. The molecule has 1 amide bonds. The van der Waals surface area contributed by atoms with Crippen molar-refractivity contribution < 1.29 is 63.3 Å². The first-order valence-electron chi connectivity index (χ1n) is 15.4. The first-order valence-corrected chi connectivity index (χ1v) is 16.9. The smallest absolute Gasteiger partial charge is 0.435 e. The number of likely N-dealkylation sites (tertiary alicyclic amines) is 1. The molecule has 2 aromatic rings. The summed E-state index contributed by atoms with van der Waals surface area (Å²) < 4.78 is 135. The van der Waals surface area contributed by atoms with Gasteiger partial charge in [-0.15, -0.1) is 0 Å². The first kappa shape index (κ1) is 34.3. The fourth-order valence-electron chi connectivity index (χ4n) is 8.19. The first-order chi connectivity index (χ1) is 22.3. The zero-order valence-corrected chi connectivity index (χ0v) is 26.4. The normalized spacial score (nSPS) is 28.8. The Kier molecular flexibility index (Phi) is 8.03. The molecule has 0 bridgehead atoms. The van der Waals surface area contributed by atoms with Gasteiger partial charge in [-0.05, 0) is 81.2 Å². The highest BCUT2D eigenvalue weighted by Crippen LogP contribution is 2.62. The van der Waals surface area contributed by atoms with Crippen LogP contribution in [0.3, 0.4) is 0 Å². The van der Waals surface area contributed by atoms with Crippen LogP contribution in [0.2, 0.25) is 0 Å². The number of carbonyl (C=O) groups is 2. The zero-order chi connectivity index (χ0) is 35.1. The second-order valence-corrected chi connectivity index (χ2v) is 15.4. The van der Waals surface area contributed by atoms with Gasteiger partial charge in [0.25, 0.3) is 0 Å². The van der Waals surface area contributed by atoms with E-state index in [1.807, 2.05) is 0 Å². The number of carboxylic acid groups (broad SMARTS) is 1. The average Bonchev–Trinajstić information content (AvgIpc) is 2.97. The number of hydrogen-bond acceptors (Lipinski definition) is 6. The van der Waals surface area contributed by atoms with Crippen LogP contribution in [0.1, 0.15) is 56.6 Å². The number of aliphatic carboxylic acids is 1. The molecule has 1 spiro atoms. The van der Waals surface area contributed by atoms with E-state index in [1.165, 1.54) is 29.2 Å². The van der Waals surface area contributed by atoms with Crippen molar-refractivity contribution in [3.63, 3.8) is 0 Å². The minimum absolute atomic E-state index is 0.108. The third-order valence-corrected chi connectivity index (χ3v) is 13.0. The molecule has 2 atom stereocenters. The highest BCUT2D eigenvalue weighted by atomic mass is 32.2. The molecular formula is C32H32F7NO7S. The van der Waals surface area contributed by atoms with Crippen molar-refractivity contribution in [3.8, 4) is 11.5 Å². The van der Waals surface area contributed by atoms with E-state index in [0.717, 1.165) is 6.07 Å². The summed E-state index contributed by atoms with van der Waals surface area (Å²) in [5, 5.41) is 9.27. The topological polar surface area (TPSA) is 110 Å². The standard InChI is InChI=1S/C32H32F7NO7S/c1-2-46-21-5-7-22(8-6-21)48(44,45)29-10-3-11-40(26(41)18-13-28(14-18)15-19(16-28)27(42)43)25(29)17-47-24-12-20(4-9-23(24)29)30(33,31(34,35)36)32(37,38)39/h4-9,12,18-19,25H,2-3,10-11,13-17H2,1H3,(H,42,43). The summed E-state index contributed by atoms with van der Waals surface area (Å²) in [4.78, 5) is 26.4. The predicted molar refractivity (Wildman–Crippen MR) is 154 cm³/mol. The molecule has 16 heteroatoms. The van der Waals surface area contributed by atoms with Gasteiger partial charge in [0.15, 0.2) is 9.84 Å².